The Bertz CT molecular complexity index is 4870. The minimum atomic E-state index is -1.59. The van der Waals surface area contributed by atoms with E-state index in [9.17, 15) is 24.5 Å². The van der Waals surface area contributed by atoms with Gasteiger partial charge in [-0.2, -0.15) is 18.3 Å². The second kappa shape index (κ2) is 45.9. The Morgan fingerprint density at radius 1 is 0.486 bits per heavy atom. The number of hydrogen-bond acceptors (Lipinski definition) is 12. The molecule has 5 N–H and O–H groups in total. The van der Waals surface area contributed by atoms with Crippen LogP contribution in [-0.2, 0) is 84.7 Å². The van der Waals surface area contributed by atoms with E-state index in [-0.39, 0.29) is 66.7 Å². The Hall–Kier alpha value is -8.12. The molecule has 4 aromatic heterocycles. The van der Waals surface area contributed by atoms with Crippen LogP contribution in [0.25, 0.3) is 55.8 Å². The normalized spacial score (nSPS) is 11.7. The molecule has 109 heavy (non-hydrogen) atoms. The molecular formula is C86H101B4ClFN4NaO12+4. The van der Waals surface area contributed by atoms with E-state index in [1.807, 2.05) is 128 Å². The van der Waals surface area contributed by atoms with E-state index in [1.54, 1.807) is 26.4 Å². The van der Waals surface area contributed by atoms with E-state index in [4.69, 9.17) is 50.9 Å². The van der Waals surface area contributed by atoms with Gasteiger partial charge < -0.3 is 59.5 Å². The van der Waals surface area contributed by atoms with Crippen LogP contribution in [0.4, 0.5) is 4.39 Å². The van der Waals surface area contributed by atoms with Crippen molar-refractivity contribution in [3.8, 4) is 0 Å². The third kappa shape index (κ3) is 24.9. The maximum atomic E-state index is 10.1. The van der Waals surface area contributed by atoms with Crippen LogP contribution in [0.5, 0.6) is 0 Å². The molecule has 0 spiro atoms. The second-order valence-electron chi connectivity index (χ2n) is 25.7. The average molecular weight is 1500 g/mol. The first-order valence-electron chi connectivity index (χ1n) is 36.1. The van der Waals surface area contributed by atoms with Gasteiger partial charge in [-0.25, -0.2) is 0 Å². The zero-order valence-corrected chi connectivity index (χ0v) is 63.9. The molecular weight excluding hydrogens is 1400 g/mol. The van der Waals surface area contributed by atoms with Crippen LogP contribution in [0.1, 0.15) is 92.5 Å². The fourth-order valence-corrected chi connectivity index (χ4v) is 13.2. The molecule has 12 aromatic rings. The number of halogens is 2. The number of alkyl halides is 2. The topological polar surface area (TPSA) is 181 Å². The molecule has 8 aromatic carbocycles. The van der Waals surface area contributed by atoms with Crippen molar-refractivity contribution in [2.24, 2.45) is 0 Å². The molecule has 1 saturated heterocycles. The summed E-state index contributed by atoms with van der Waals surface area (Å²) >= 11 is 5.60. The minimum Gasteiger partial charge on any atom is -1.00 e. The summed E-state index contributed by atoms with van der Waals surface area (Å²) in [7, 11) is -1.55. The Kier molecular flexibility index (Phi) is 36.4. The summed E-state index contributed by atoms with van der Waals surface area (Å²) in [6.07, 6.45) is 14.2. The summed E-state index contributed by atoms with van der Waals surface area (Å²) in [6, 6.07) is 69.5. The van der Waals surface area contributed by atoms with Crippen LogP contribution < -0.4 is 69.7 Å². The van der Waals surface area contributed by atoms with Crippen molar-refractivity contribution in [2.45, 2.75) is 86.0 Å². The van der Waals surface area contributed by atoms with Crippen LogP contribution >= 0.6 is 11.6 Å². The molecule has 0 saturated carbocycles. The molecule has 0 amide bonds. The van der Waals surface area contributed by atoms with Gasteiger partial charge >= 0.3 is 58.0 Å². The summed E-state index contributed by atoms with van der Waals surface area (Å²) in [5.41, 5.74) is 17.9. The second-order valence-corrected chi connectivity index (χ2v) is 25.9. The Morgan fingerprint density at radius 3 is 1.29 bits per heavy atom. The maximum Gasteiger partial charge on any atom is 1.00 e. The molecule has 23 heteroatoms. The zero-order chi connectivity index (χ0) is 75.3. The van der Waals surface area contributed by atoms with Gasteiger partial charge in [0.25, 0.3) is 0 Å². The number of aliphatic hydroxyl groups excluding tert-OH is 1. The molecule has 0 atom stereocenters. The molecule has 0 unspecified atom stereocenters. The Labute approximate surface area is 673 Å². The molecule has 560 valence electrons. The van der Waals surface area contributed by atoms with Gasteiger partial charge in [-0.3, -0.25) is 4.39 Å². The monoisotopic (exact) mass is 1500 g/mol. The van der Waals surface area contributed by atoms with E-state index in [2.05, 4.69) is 135 Å². The number of benzene rings is 8. The van der Waals surface area contributed by atoms with Crippen LogP contribution in [-0.4, -0.2) is 115 Å². The number of hydrogen-bond donors (Lipinski definition) is 5. The number of aromatic nitrogens is 4. The van der Waals surface area contributed by atoms with E-state index in [0.29, 0.717) is 95.7 Å². The SMILES string of the molecule is C.C.C=Cc1ccc(CCl)cc1.C=Cc1ccc(COCCCOCc2cc(C[n+]3cccc4c5ccc[n+](Cc6cccc(B(O)O)c6)c5ccc43)cc(B(O)O)c2)cc1.COB(OC)c1cccc(C[n+]2cccc3c4ccc[n+](Cc5cc(COCCCO)cc(B6OCCCO6)c5)c4ccc32)c1.[2H]CF.[H-].[Na+]. The number of ether oxygens (including phenoxy) is 3. The predicted octanol–water partition coefficient (Wildman–Crippen LogP) is 7.52. The average Bonchev–Trinajstić information content (AvgIpc) is 0.771. The summed E-state index contributed by atoms with van der Waals surface area (Å²) < 4.78 is 64.8. The van der Waals surface area contributed by atoms with Crippen molar-refractivity contribution in [2.75, 3.05) is 61.0 Å². The van der Waals surface area contributed by atoms with Gasteiger partial charge in [-0.1, -0.05) is 161 Å². The third-order valence-electron chi connectivity index (χ3n) is 18.1. The largest absolute Gasteiger partial charge is 1.00 e. The van der Waals surface area contributed by atoms with Crippen molar-refractivity contribution in [3.05, 3.63) is 300 Å². The standard InChI is InChI=1S/C39H40B2N2O6.C35H40B2N2O6.C9H9Cl.CH3F.2CH4.Na.H/c1-2-29-11-13-30(14-12-29)27-48-19-6-20-49-28-33-21-32(23-35(24-33)41(46)47)26-43-18-5-10-37-36-9-4-17-42(38(36)15-16-39(37)43)25-31-7-3-8-34(22-31)40(44)45;1-41-36(42-2)30-9-3-8-27(21-30)24-38-14-4-10-32-33-11-5-15-39(35(33)13-12-34(32)38)25-28-20-29(26-43-17-6-16-40)23-31(22-28)37-44-18-7-19-45-37;1-2-8-3-5-9(7-10)6-4-8;1-2;;;;/h2-5,7-18,21-24,44-47H,1,6,19-20,25-28H2;3-5,8-15,20-23,40H,6-7,16-19,24-26H2,1-2H3;2-6H,1,7H2;1H3;2*1H4;;/q2*+2;;;;;+1;-1/i;;;1D;;;;. The summed E-state index contributed by atoms with van der Waals surface area (Å²) in [5.74, 6) is 0.581. The van der Waals surface area contributed by atoms with Crippen LogP contribution in [0.2, 0.25) is 0 Å². The van der Waals surface area contributed by atoms with Crippen molar-refractivity contribution < 1.29 is 113 Å². The molecule has 13 rings (SSSR count). The smallest absolute Gasteiger partial charge is 1.00 e. The number of pyridine rings is 4. The predicted molar refractivity (Wildman–Crippen MR) is 436 cm³/mol. The molecule has 0 bridgehead atoms. The fourth-order valence-electron chi connectivity index (χ4n) is 13.0. The molecule has 1 fully saturated rings. The van der Waals surface area contributed by atoms with Crippen molar-refractivity contribution >= 4 is 118 Å². The Balaban J connectivity index is 0.000000289. The zero-order valence-electron chi connectivity index (χ0n) is 63.2. The Morgan fingerprint density at radius 2 is 0.862 bits per heavy atom. The first kappa shape index (κ1) is 86.5. The van der Waals surface area contributed by atoms with E-state index >= 15 is 0 Å². The van der Waals surface area contributed by atoms with Gasteiger partial charge in [-0.05, 0) is 111 Å². The number of fused-ring (bicyclic) bond motifs is 6. The van der Waals surface area contributed by atoms with Gasteiger partial charge in [0.15, 0.2) is 51.0 Å². The fraction of sp³-hybridized carbons (Fsp3) is 0.256. The quantitative estimate of drug-likeness (QED) is 0.00985. The number of rotatable bonds is 30. The van der Waals surface area contributed by atoms with E-state index in [0.717, 1.165) is 108 Å². The van der Waals surface area contributed by atoms with Gasteiger partial charge in [0, 0.05) is 131 Å². The van der Waals surface area contributed by atoms with Crippen molar-refractivity contribution in [3.63, 3.8) is 0 Å². The summed E-state index contributed by atoms with van der Waals surface area (Å²) in [5, 5.41) is 53.1. The molecule has 5 heterocycles. The molecule has 1 aliphatic heterocycles. The van der Waals surface area contributed by atoms with Crippen LogP contribution in [0.15, 0.2) is 244 Å². The van der Waals surface area contributed by atoms with Gasteiger partial charge in [0.05, 0.1) is 49.9 Å². The maximum absolute atomic E-state index is 10.1. The number of nitrogens with zero attached hydrogens (tertiary/aromatic N) is 4. The molecule has 1 aliphatic rings. The van der Waals surface area contributed by atoms with E-state index < -0.39 is 21.4 Å². The molecule has 0 aliphatic carbocycles. The first-order valence-corrected chi connectivity index (χ1v) is 35.9. The van der Waals surface area contributed by atoms with Gasteiger partial charge in [-0.15, -0.1) is 11.6 Å². The number of aliphatic hydroxyl groups is 1. The minimum absolute atomic E-state index is 0. The summed E-state index contributed by atoms with van der Waals surface area (Å²) in [6.45, 7) is 14.4. The van der Waals surface area contributed by atoms with Crippen molar-refractivity contribution in [1.82, 2.24) is 0 Å². The summed E-state index contributed by atoms with van der Waals surface area (Å²) in [4.78, 5) is 0. The third-order valence-corrected chi connectivity index (χ3v) is 18.4. The van der Waals surface area contributed by atoms with Crippen LogP contribution in [0, 0.1) is 0 Å². The van der Waals surface area contributed by atoms with Gasteiger partial charge in [0.1, 0.15) is 0 Å². The molecule has 0 radical (unpaired) electrons. The molecule has 16 nitrogen and oxygen atoms in total. The van der Waals surface area contributed by atoms with Crippen molar-refractivity contribution in [1.29, 1.82) is 0 Å². The van der Waals surface area contributed by atoms with Gasteiger partial charge in [0.2, 0.25) is 22.1 Å². The van der Waals surface area contributed by atoms with E-state index in [1.165, 1.54) is 21.9 Å². The first-order chi connectivity index (χ1) is 52.3. The van der Waals surface area contributed by atoms with Crippen LogP contribution in [0.3, 0.4) is 0 Å².